The van der Waals surface area contributed by atoms with Crippen LogP contribution in [-0.4, -0.2) is 28.1 Å². The maximum atomic E-state index is 11.7. The number of carbonyl (C=O) groups is 2. The van der Waals surface area contributed by atoms with Gasteiger partial charge in [0.25, 0.3) is 0 Å². The summed E-state index contributed by atoms with van der Waals surface area (Å²) in [5.74, 6) is -0.895. The number of allylic oxidation sites excluding steroid dienone is 1. The minimum Gasteiger partial charge on any atom is -0.364 e. The van der Waals surface area contributed by atoms with Gasteiger partial charge in [-0.25, -0.2) is 0 Å². The smallest absolute Gasteiger partial charge is 0.194 e. The average molecular weight is 204 g/mol. The third kappa shape index (κ3) is 1.49. The lowest BCUT2D eigenvalue weighted by Gasteiger charge is -2.15. The highest BCUT2D eigenvalue weighted by Crippen LogP contribution is 2.22. The molecule has 1 aliphatic rings. The third-order valence-corrected chi connectivity index (χ3v) is 2.26. The number of carbonyl (C=O) groups excluding carboxylic acids is 2. The maximum absolute atomic E-state index is 11.7. The van der Waals surface area contributed by atoms with Gasteiger partial charge < -0.3 is 10.2 Å². The lowest BCUT2D eigenvalue weighted by atomic mass is 9.89. The Bertz CT molecular complexity index is 471. The highest BCUT2D eigenvalue weighted by Gasteiger charge is 2.27. The molecule has 1 aliphatic carbocycles. The summed E-state index contributed by atoms with van der Waals surface area (Å²) >= 11 is 0. The number of fused-ring (bicyclic) bond motifs is 1. The van der Waals surface area contributed by atoms with E-state index in [1.807, 2.05) is 0 Å². The van der Waals surface area contributed by atoms with Crippen LogP contribution in [0.2, 0.25) is 0 Å². The second kappa shape index (κ2) is 3.42. The van der Waals surface area contributed by atoms with Gasteiger partial charge in [-0.15, -0.1) is 0 Å². The standard InChI is InChI=1S/C11H8O4/c12-9-5-8(11(14)15)10(13)7-4-2-1-3-6(7)9/h1-5,11,14-15H. The van der Waals surface area contributed by atoms with Crippen molar-refractivity contribution >= 4 is 11.6 Å². The van der Waals surface area contributed by atoms with Crippen LogP contribution in [0.5, 0.6) is 0 Å². The zero-order chi connectivity index (χ0) is 11.0. The van der Waals surface area contributed by atoms with Crippen LogP contribution in [0.25, 0.3) is 0 Å². The predicted molar refractivity (Wildman–Crippen MR) is 51.4 cm³/mol. The van der Waals surface area contributed by atoms with E-state index in [1.165, 1.54) is 12.1 Å². The number of aliphatic hydroxyl groups is 2. The van der Waals surface area contributed by atoms with Gasteiger partial charge in [-0.05, 0) is 6.08 Å². The van der Waals surface area contributed by atoms with Crippen LogP contribution < -0.4 is 0 Å². The highest BCUT2D eigenvalue weighted by molar-refractivity contribution is 6.24. The minimum absolute atomic E-state index is 0.216. The molecule has 0 amide bonds. The molecule has 4 nitrogen and oxygen atoms in total. The molecule has 76 valence electrons. The van der Waals surface area contributed by atoms with Crippen molar-refractivity contribution < 1.29 is 19.8 Å². The molecule has 0 fully saturated rings. The zero-order valence-electron chi connectivity index (χ0n) is 7.68. The molecule has 0 bridgehead atoms. The first kappa shape index (κ1) is 9.76. The number of benzene rings is 1. The Kier molecular flexibility index (Phi) is 2.22. The van der Waals surface area contributed by atoms with Gasteiger partial charge in [-0.3, -0.25) is 9.59 Å². The lowest BCUT2D eigenvalue weighted by molar-refractivity contribution is -0.00765. The molecule has 0 radical (unpaired) electrons. The van der Waals surface area contributed by atoms with Crippen LogP contribution in [0.15, 0.2) is 35.9 Å². The van der Waals surface area contributed by atoms with Gasteiger partial charge in [0, 0.05) is 11.1 Å². The Morgan fingerprint density at radius 2 is 1.60 bits per heavy atom. The summed E-state index contributed by atoms with van der Waals surface area (Å²) in [6, 6.07) is 6.30. The quantitative estimate of drug-likeness (QED) is 0.645. The maximum Gasteiger partial charge on any atom is 0.194 e. The summed E-state index contributed by atoms with van der Waals surface area (Å²) in [7, 11) is 0. The topological polar surface area (TPSA) is 74.6 Å². The van der Waals surface area contributed by atoms with E-state index in [1.54, 1.807) is 12.1 Å². The van der Waals surface area contributed by atoms with Crippen molar-refractivity contribution in [3.63, 3.8) is 0 Å². The monoisotopic (exact) mass is 204 g/mol. The van der Waals surface area contributed by atoms with Gasteiger partial charge in [0.15, 0.2) is 17.9 Å². The number of aliphatic hydroxyl groups excluding tert-OH is 1. The van der Waals surface area contributed by atoms with Crippen molar-refractivity contribution in [1.29, 1.82) is 0 Å². The first-order chi connectivity index (χ1) is 7.11. The van der Waals surface area contributed by atoms with E-state index < -0.39 is 12.1 Å². The number of Topliss-reactive ketones (excluding diaryl/α,β-unsaturated/α-hetero) is 1. The first-order valence-electron chi connectivity index (χ1n) is 4.37. The van der Waals surface area contributed by atoms with Crippen molar-refractivity contribution in [2.24, 2.45) is 0 Å². The molecule has 0 spiro atoms. The fourth-order valence-electron chi connectivity index (χ4n) is 1.53. The fourth-order valence-corrected chi connectivity index (χ4v) is 1.53. The third-order valence-electron chi connectivity index (χ3n) is 2.26. The molecule has 0 unspecified atom stereocenters. The molecule has 4 heteroatoms. The van der Waals surface area contributed by atoms with E-state index in [9.17, 15) is 9.59 Å². The van der Waals surface area contributed by atoms with Crippen LogP contribution in [0.1, 0.15) is 20.7 Å². The molecule has 2 N–H and O–H groups in total. The van der Waals surface area contributed by atoms with E-state index in [0.29, 0.717) is 5.56 Å². The Morgan fingerprint density at radius 3 is 2.20 bits per heavy atom. The summed E-state index contributed by atoms with van der Waals surface area (Å²) < 4.78 is 0. The van der Waals surface area contributed by atoms with Crippen LogP contribution >= 0.6 is 0 Å². The largest absolute Gasteiger partial charge is 0.364 e. The van der Waals surface area contributed by atoms with Crippen molar-refractivity contribution in [1.82, 2.24) is 0 Å². The van der Waals surface area contributed by atoms with E-state index in [4.69, 9.17) is 10.2 Å². The highest BCUT2D eigenvalue weighted by atomic mass is 16.5. The fraction of sp³-hybridized carbons (Fsp3) is 0.0909. The molecular formula is C11H8O4. The van der Waals surface area contributed by atoms with E-state index in [0.717, 1.165) is 6.08 Å². The lowest BCUT2D eigenvalue weighted by Crippen LogP contribution is -2.24. The van der Waals surface area contributed by atoms with Crippen LogP contribution in [0.3, 0.4) is 0 Å². The molecule has 0 saturated heterocycles. The van der Waals surface area contributed by atoms with Crippen molar-refractivity contribution in [2.45, 2.75) is 6.29 Å². The van der Waals surface area contributed by atoms with Gasteiger partial charge in [0.2, 0.25) is 0 Å². The Balaban J connectivity index is 2.59. The van der Waals surface area contributed by atoms with Gasteiger partial charge in [-0.1, -0.05) is 24.3 Å². The first-order valence-corrected chi connectivity index (χ1v) is 4.37. The number of rotatable bonds is 1. The average Bonchev–Trinajstić information content (AvgIpc) is 2.23. The Morgan fingerprint density at radius 1 is 1.00 bits per heavy atom. The second-order valence-corrected chi connectivity index (χ2v) is 3.21. The number of hydrogen-bond donors (Lipinski definition) is 2. The van der Waals surface area contributed by atoms with Crippen LogP contribution in [0.4, 0.5) is 0 Å². The summed E-state index contributed by atoms with van der Waals surface area (Å²) in [5.41, 5.74) is 0.235. The van der Waals surface area contributed by atoms with Crippen molar-refractivity contribution in [3.05, 3.63) is 47.0 Å². The van der Waals surface area contributed by atoms with Crippen molar-refractivity contribution in [3.8, 4) is 0 Å². The summed E-state index contributed by atoms with van der Waals surface area (Å²) in [5, 5.41) is 17.8. The van der Waals surface area contributed by atoms with E-state index in [-0.39, 0.29) is 16.9 Å². The normalized spacial score (nSPS) is 15.3. The molecule has 2 rings (SSSR count). The van der Waals surface area contributed by atoms with E-state index in [2.05, 4.69) is 0 Å². The van der Waals surface area contributed by atoms with Gasteiger partial charge in [0.05, 0.1) is 5.57 Å². The van der Waals surface area contributed by atoms with Gasteiger partial charge in [0.1, 0.15) is 0 Å². The molecular weight excluding hydrogens is 196 g/mol. The Hall–Kier alpha value is -1.78. The summed E-state index contributed by atoms with van der Waals surface area (Å²) in [6.45, 7) is 0. The van der Waals surface area contributed by atoms with E-state index >= 15 is 0 Å². The van der Waals surface area contributed by atoms with Crippen LogP contribution in [0, 0.1) is 0 Å². The molecule has 0 aliphatic heterocycles. The van der Waals surface area contributed by atoms with Gasteiger partial charge >= 0.3 is 0 Å². The minimum atomic E-state index is -1.91. The second-order valence-electron chi connectivity index (χ2n) is 3.21. The summed E-state index contributed by atoms with van der Waals surface area (Å²) in [6.07, 6.45) is -0.940. The molecule has 0 aromatic heterocycles. The SMILES string of the molecule is O=C1C=C(C(O)O)C(=O)c2ccccc21. The molecule has 0 atom stereocenters. The Labute approximate surface area is 85.5 Å². The molecule has 15 heavy (non-hydrogen) atoms. The molecule has 1 aromatic rings. The summed E-state index contributed by atoms with van der Waals surface area (Å²) in [4.78, 5) is 23.2. The number of hydrogen-bond acceptors (Lipinski definition) is 4. The molecule has 1 aromatic carbocycles. The van der Waals surface area contributed by atoms with Gasteiger partial charge in [-0.2, -0.15) is 0 Å². The zero-order valence-corrected chi connectivity index (χ0v) is 7.68. The molecule has 0 heterocycles. The number of ketones is 2. The van der Waals surface area contributed by atoms with Crippen LogP contribution in [-0.2, 0) is 0 Å². The molecule has 0 saturated carbocycles. The predicted octanol–water partition coefficient (Wildman–Crippen LogP) is 0.303. The van der Waals surface area contributed by atoms with Crippen molar-refractivity contribution in [2.75, 3.05) is 0 Å².